The fourth-order valence-corrected chi connectivity index (χ4v) is 4.69. The molecule has 2 heterocycles. The standard InChI is InChI=1S/C21H23ClN4OS/c1-12-13(2)28-21(26-11-23-25-14(26)3)19(12)20(15-5-7-17(22)8-6-15)24-18-9-16(18)10-27-4/h5-8,11,16,18H,9-10H2,1-4H3/b24-20-. The van der Waals surface area contributed by atoms with Gasteiger partial charge in [0.25, 0.3) is 0 Å². The number of hydrogen-bond donors (Lipinski definition) is 0. The van der Waals surface area contributed by atoms with Crippen LogP contribution in [0.4, 0.5) is 0 Å². The van der Waals surface area contributed by atoms with Crippen molar-refractivity contribution in [1.82, 2.24) is 14.8 Å². The second-order valence-electron chi connectivity index (χ2n) is 7.21. The van der Waals surface area contributed by atoms with Gasteiger partial charge in [0, 0.05) is 34.1 Å². The van der Waals surface area contributed by atoms with E-state index in [0.29, 0.717) is 12.0 Å². The average molecular weight is 415 g/mol. The number of aromatic nitrogens is 3. The Balaban J connectivity index is 1.87. The monoisotopic (exact) mass is 414 g/mol. The van der Waals surface area contributed by atoms with E-state index in [1.54, 1.807) is 24.8 Å². The Morgan fingerprint density at radius 2 is 2.04 bits per heavy atom. The Kier molecular flexibility index (Phi) is 5.36. The Morgan fingerprint density at radius 1 is 1.29 bits per heavy atom. The highest BCUT2D eigenvalue weighted by molar-refractivity contribution is 7.15. The lowest BCUT2D eigenvalue weighted by Gasteiger charge is -2.12. The molecule has 2 aromatic heterocycles. The summed E-state index contributed by atoms with van der Waals surface area (Å²) in [6, 6.07) is 8.22. The molecule has 1 aliphatic carbocycles. The van der Waals surface area contributed by atoms with Gasteiger partial charge in [0.1, 0.15) is 17.2 Å². The van der Waals surface area contributed by atoms with Gasteiger partial charge in [0.2, 0.25) is 0 Å². The van der Waals surface area contributed by atoms with Gasteiger partial charge in [-0.3, -0.25) is 9.56 Å². The number of rotatable bonds is 6. The van der Waals surface area contributed by atoms with Crippen LogP contribution in [0.2, 0.25) is 5.02 Å². The van der Waals surface area contributed by atoms with Crippen LogP contribution in [0.3, 0.4) is 0 Å². The number of benzene rings is 1. The molecule has 0 saturated heterocycles. The maximum Gasteiger partial charge on any atom is 0.134 e. The molecule has 0 N–H and O–H groups in total. The molecule has 28 heavy (non-hydrogen) atoms. The highest BCUT2D eigenvalue weighted by Crippen LogP contribution is 2.38. The number of nitrogens with zero attached hydrogens (tertiary/aromatic N) is 4. The van der Waals surface area contributed by atoms with Gasteiger partial charge in [-0.2, -0.15) is 0 Å². The maximum absolute atomic E-state index is 6.14. The van der Waals surface area contributed by atoms with Crippen molar-refractivity contribution in [2.24, 2.45) is 10.9 Å². The van der Waals surface area contributed by atoms with Gasteiger partial charge in [0.15, 0.2) is 0 Å². The van der Waals surface area contributed by atoms with Crippen LogP contribution in [0.25, 0.3) is 5.00 Å². The van der Waals surface area contributed by atoms with Crippen LogP contribution < -0.4 is 0 Å². The van der Waals surface area contributed by atoms with Gasteiger partial charge in [-0.25, -0.2) is 0 Å². The van der Waals surface area contributed by atoms with Crippen molar-refractivity contribution >= 4 is 28.6 Å². The molecule has 0 spiro atoms. The number of aliphatic imine (C=N–C) groups is 1. The SMILES string of the molecule is COCC1CC1/N=C(/c1ccc(Cl)cc1)c1c(-n2cnnc2C)sc(C)c1C. The van der Waals surface area contributed by atoms with E-state index in [4.69, 9.17) is 21.3 Å². The van der Waals surface area contributed by atoms with E-state index in [9.17, 15) is 0 Å². The molecule has 0 amide bonds. The molecule has 0 radical (unpaired) electrons. The van der Waals surface area contributed by atoms with E-state index < -0.39 is 0 Å². The molecule has 4 rings (SSSR count). The molecule has 2 unspecified atom stereocenters. The molecule has 1 fully saturated rings. The quantitative estimate of drug-likeness (QED) is 0.545. The molecule has 7 heteroatoms. The Hall–Kier alpha value is -2.02. The number of halogens is 1. The van der Waals surface area contributed by atoms with Gasteiger partial charge in [0.05, 0.1) is 18.4 Å². The third-order valence-electron chi connectivity index (χ3n) is 5.22. The lowest BCUT2D eigenvalue weighted by Crippen LogP contribution is -2.10. The summed E-state index contributed by atoms with van der Waals surface area (Å²) in [5.74, 6) is 1.36. The number of ether oxygens (including phenoxy) is 1. The number of thiophene rings is 1. The normalized spacial score (nSPS) is 19.2. The average Bonchev–Trinajstić information content (AvgIpc) is 3.15. The Bertz CT molecular complexity index is 1020. The van der Waals surface area contributed by atoms with Crippen LogP contribution in [0.5, 0.6) is 0 Å². The van der Waals surface area contributed by atoms with E-state index in [0.717, 1.165) is 45.7 Å². The zero-order valence-electron chi connectivity index (χ0n) is 16.4. The zero-order valence-corrected chi connectivity index (χ0v) is 18.0. The first-order valence-electron chi connectivity index (χ1n) is 9.29. The minimum Gasteiger partial charge on any atom is -0.384 e. The number of methoxy groups -OCH3 is 1. The van der Waals surface area contributed by atoms with Crippen LogP contribution in [0.1, 0.15) is 33.8 Å². The second-order valence-corrected chi connectivity index (χ2v) is 8.85. The number of aryl methyl sites for hydroxylation is 2. The molecule has 3 aromatic rings. The van der Waals surface area contributed by atoms with Crippen LogP contribution in [-0.2, 0) is 4.74 Å². The maximum atomic E-state index is 6.14. The summed E-state index contributed by atoms with van der Waals surface area (Å²) in [5.41, 5.74) is 4.46. The molecular formula is C21H23ClN4OS. The van der Waals surface area contributed by atoms with Crippen molar-refractivity contribution < 1.29 is 4.74 Å². The van der Waals surface area contributed by atoms with Gasteiger partial charge in [-0.1, -0.05) is 23.7 Å². The van der Waals surface area contributed by atoms with Crippen LogP contribution in [-0.4, -0.2) is 40.2 Å². The van der Waals surface area contributed by atoms with E-state index in [2.05, 4.69) is 24.0 Å². The summed E-state index contributed by atoms with van der Waals surface area (Å²) in [5, 5.41) is 10.1. The first kappa shape index (κ1) is 19.3. The summed E-state index contributed by atoms with van der Waals surface area (Å²) in [6.07, 6.45) is 2.84. The fraction of sp³-hybridized carbons (Fsp3) is 0.381. The van der Waals surface area contributed by atoms with Crippen molar-refractivity contribution in [3.05, 3.63) is 63.0 Å². The first-order chi connectivity index (χ1) is 13.5. The third-order valence-corrected chi connectivity index (χ3v) is 6.68. The topological polar surface area (TPSA) is 52.3 Å². The summed E-state index contributed by atoms with van der Waals surface area (Å²) >= 11 is 7.89. The van der Waals surface area contributed by atoms with Crippen molar-refractivity contribution in [3.8, 4) is 5.00 Å². The van der Waals surface area contributed by atoms with Crippen molar-refractivity contribution in [2.75, 3.05) is 13.7 Å². The first-order valence-corrected chi connectivity index (χ1v) is 10.5. The third kappa shape index (κ3) is 3.64. The van der Waals surface area contributed by atoms with Gasteiger partial charge in [-0.15, -0.1) is 21.5 Å². The molecular weight excluding hydrogens is 392 g/mol. The molecule has 0 aliphatic heterocycles. The van der Waals surface area contributed by atoms with Crippen LogP contribution in [0.15, 0.2) is 35.6 Å². The summed E-state index contributed by atoms with van der Waals surface area (Å²) < 4.78 is 7.37. The summed E-state index contributed by atoms with van der Waals surface area (Å²) in [4.78, 5) is 6.45. The molecule has 146 valence electrons. The molecule has 1 aliphatic rings. The minimum absolute atomic E-state index is 0.292. The van der Waals surface area contributed by atoms with Crippen molar-refractivity contribution in [2.45, 2.75) is 33.2 Å². The second kappa shape index (κ2) is 7.78. The fourth-order valence-electron chi connectivity index (χ4n) is 3.39. The van der Waals surface area contributed by atoms with Gasteiger partial charge in [-0.05, 0) is 44.9 Å². The molecule has 1 aromatic carbocycles. The molecule has 1 saturated carbocycles. The lowest BCUT2D eigenvalue weighted by atomic mass is 9.99. The molecule has 5 nitrogen and oxygen atoms in total. The summed E-state index contributed by atoms with van der Waals surface area (Å²) in [7, 11) is 1.75. The van der Waals surface area contributed by atoms with Gasteiger partial charge >= 0.3 is 0 Å². The van der Waals surface area contributed by atoms with E-state index in [1.165, 1.54) is 10.4 Å². The highest BCUT2D eigenvalue weighted by Gasteiger charge is 2.38. The van der Waals surface area contributed by atoms with Crippen LogP contribution >= 0.6 is 22.9 Å². The Morgan fingerprint density at radius 3 is 2.68 bits per heavy atom. The smallest absolute Gasteiger partial charge is 0.134 e. The lowest BCUT2D eigenvalue weighted by molar-refractivity contribution is 0.184. The number of hydrogen-bond acceptors (Lipinski definition) is 5. The summed E-state index contributed by atoms with van der Waals surface area (Å²) in [6.45, 7) is 7.03. The molecule has 0 bridgehead atoms. The van der Waals surface area contributed by atoms with E-state index in [1.807, 2.05) is 35.8 Å². The predicted molar refractivity (Wildman–Crippen MR) is 114 cm³/mol. The predicted octanol–water partition coefficient (Wildman–Crippen LogP) is 4.78. The van der Waals surface area contributed by atoms with E-state index in [-0.39, 0.29) is 0 Å². The molecule has 2 atom stereocenters. The minimum atomic E-state index is 0.292. The van der Waals surface area contributed by atoms with Crippen LogP contribution in [0, 0.1) is 26.7 Å². The van der Waals surface area contributed by atoms with Crippen molar-refractivity contribution in [1.29, 1.82) is 0 Å². The largest absolute Gasteiger partial charge is 0.384 e. The Labute approximate surface area is 174 Å². The van der Waals surface area contributed by atoms with Crippen molar-refractivity contribution in [3.63, 3.8) is 0 Å². The van der Waals surface area contributed by atoms with E-state index >= 15 is 0 Å². The van der Waals surface area contributed by atoms with Gasteiger partial charge < -0.3 is 4.74 Å². The zero-order chi connectivity index (χ0) is 19.8. The highest BCUT2D eigenvalue weighted by atomic mass is 35.5.